The van der Waals surface area contributed by atoms with E-state index < -0.39 is 0 Å². The van der Waals surface area contributed by atoms with Crippen LogP contribution in [0.5, 0.6) is 5.75 Å². The number of H-pyrrole nitrogens is 1. The zero-order valence-electron chi connectivity index (χ0n) is 15.5. The van der Waals surface area contributed by atoms with Gasteiger partial charge in [0.1, 0.15) is 5.75 Å². The lowest BCUT2D eigenvalue weighted by Crippen LogP contribution is -2.52. The number of aromatic nitrogens is 1. The number of rotatable bonds is 1. The third-order valence-corrected chi connectivity index (χ3v) is 6.77. The van der Waals surface area contributed by atoms with Crippen LogP contribution in [0.3, 0.4) is 0 Å². The van der Waals surface area contributed by atoms with Crippen LogP contribution in [0.15, 0.2) is 42.5 Å². The topological polar surface area (TPSA) is 39.3 Å². The van der Waals surface area contributed by atoms with Crippen LogP contribution in [0.2, 0.25) is 0 Å². The van der Waals surface area contributed by atoms with E-state index in [9.17, 15) is 5.11 Å². The lowest BCUT2D eigenvalue weighted by Gasteiger charge is -2.50. The summed E-state index contributed by atoms with van der Waals surface area (Å²) in [6, 6.07) is 14.7. The highest BCUT2D eigenvalue weighted by molar-refractivity contribution is 5.85. The summed E-state index contributed by atoms with van der Waals surface area (Å²) in [5, 5.41) is 11.5. The van der Waals surface area contributed by atoms with Gasteiger partial charge in [0.2, 0.25) is 0 Å². The van der Waals surface area contributed by atoms with Crippen LogP contribution >= 0.6 is 0 Å². The molecule has 1 aliphatic heterocycles. The highest BCUT2D eigenvalue weighted by Gasteiger charge is 2.47. The zero-order chi connectivity index (χ0) is 17.9. The molecule has 5 rings (SSSR count). The Balaban J connectivity index is 1.68. The normalized spacial score (nSPS) is 25.8. The number of phenolic OH excluding ortho intramolecular Hbond substituents is 1. The van der Waals surface area contributed by atoms with E-state index in [4.69, 9.17) is 0 Å². The van der Waals surface area contributed by atoms with Gasteiger partial charge in [0.25, 0.3) is 0 Å². The Hall–Kier alpha value is -2.26. The molecule has 1 aliphatic carbocycles. The van der Waals surface area contributed by atoms with E-state index >= 15 is 0 Å². The minimum Gasteiger partial charge on any atom is -0.508 e. The molecule has 2 unspecified atom stereocenters. The second-order valence-electron chi connectivity index (χ2n) is 8.43. The maximum absolute atomic E-state index is 10.1. The van der Waals surface area contributed by atoms with Gasteiger partial charge in [-0.25, -0.2) is 0 Å². The van der Waals surface area contributed by atoms with Crippen molar-refractivity contribution in [3.05, 3.63) is 64.8 Å². The minimum atomic E-state index is 0.119. The van der Waals surface area contributed by atoms with Crippen LogP contribution in [0.4, 0.5) is 0 Å². The Morgan fingerprint density at radius 2 is 2.08 bits per heavy atom. The summed E-state index contributed by atoms with van der Waals surface area (Å²) in [5.41, 5.74) is 6.92. The largest absolute Gasteiger partial charge is 0.508 e. The Kier molecular flexibility index (Phi) is 3.45. The zero-order valence-corrected chi connectivity index (χ0v) is 15.5. The van der Waals surface area contributed by atoms with Crippen molar-refractivity contribution < 1.29 is 5.11 Å². The lowest BCUT2D eigenvalue weighted by molar-refractivity contribution is 0.0994. The number of nitrogens with one attached hydrogen (secondary N) is 1. The Morgan fingerprint density at radius 3 is 2.92 bits per heavy atom. The second-order valence-corrected chi connectivity index (χ2v) is 8.43. The maximum Gasteiger partial charge on any atom is 0.115 e. The Labute approximate surface area is 154 Å². The number of aromatic amines is 1. The van der Waals surface area contributed by atoms with E-state index in [1.807, 2.05) is 12.1 Å². The van der Waals surface area contributed by atoms with Gasteiger partial charge in [0, 0.05) is 28.6 Å². The monoisotopic (exact) mass is 346 g/mol. The van der Waals surface area contributed by atoms with Crippen LogP contribution < -0.4 is 0 Å². The molecule has 3 heteroatoms. The summed E-state index contributed by atoms with van der Waals surface area (Å²) < 4.78 is 0. The van der Waals surface area contributed by atoms with E-state index in [0.717, 1.165) is 32.4 Å². The number of fused-ring (bicyclic) bond motifs is 4. The van der Waals surface area contributed by atoms with E-state index in [1.165, 1.54) is 33.3 Å². The lowest BCUT2D eigenvalue weighted by atomic mass is 9.59. The van der Waals surface area contributed by atoms with E-state index in [-0.39, 0.29) is 5.41 Å². The van der Waals surface area contributed by atoms with Crippen LogP contribution in [-0.2, 0) is 18.3 Å². The number of nitrogens with zero attached hydrogens (tertiary/aromatic N) is 1. The van der Waals surface area contributed by atoms with Crippen molar-refractivity contribution in [1.29, 1.82) is 0 Å². The summed E-state index contributed by atoms with van der Waals surface area (Å²) >= 11 is 0. The second kappa shape index (κ2) is 5.62. The van der Waals surface area contributed by atoms with Crippen LogP contribution in [-0.4, -0.2) is 35.1 Å². The van der Waals surface area contributed by atoms with Crippen LogP contribution in [0, 0.1) is 12.8 Å². The molecule has 3 aromatic rings. The highest BCUT2D eigenvalue weighted by atomic mass is 16.3. The summed E-state index contributed by atoms with van der Waals surface area (Å²) in [7, 11) is 2.24. The molecule has 1 aromatic heterocycles. The molecule has 0 radical (unpaired) electrons. The van der Waals surface area contributed by atoms with Gasteiger partial charge in [-0.15, -0.1) is 0 Å². The molecule has 2 aromatic carbocycles. The van der Waals surface area contributed by atoms with Crippen molar-refractivity contribution in [3.63, 3.8) is 0 Å². The smallest absolute Gasteiger partial charge is 0.115 e. The number of aryl methyl sites for hydroxylation is 1. The van der Waals surface area contributed by atoms with E-state index in [1.54, 1.807) is 6.07 Å². The first-order chi connectivity index (χ1) is 12.5. The summed E-state index contributed by atoms with van der Waals surface area (Å²) in [6.45, 7) is 4.40. The molecular formula is C23H26N2O. The van der Waals surface area contributed by atoms with Gasteiger partial charge in [0.15, 0.2) is 0 Å². The Bertz CT molecular complexity index is 989. The fourth-order valence-corrected chi connectivity index (χ4v) is 5.39. The van der Waals surface area contributed by atoms with Gasteiger partial charge in [-0.1, -0.05) is 23.8 Å². The number of piperidine rings is 1. The first-order valence-electron chi connectivity index (χ1n) is 9.63. The number of aromatic hydroxyl groups is 1. The van der Waals surface area contributed by atoms with Crippen molar-refractivity contribution >= 4 is 10.9 Å². The van der Waals surface area contributed by atoms with Gasteiger partial charge in [-0.2, -0.15) is 0 Å². The number of hydrogen-bond donors (Lipinski definition) is 2. The van der Waals surface area contributed by atoms with Crippen molar-refractivity contribution in [3.8, 4) is 5.75 Å². The molecule has 0 amide bonds. The molecule has 2 aliphatic rings. The summed E-state index contributed by atoms with van der Waals surface area (Å²) in [6.07, 6.45) is 3.29. The van der Waals surface area contributed by atoms with Crippen molar-refractivity contribution in [1.82, 2.24) is 9.88 Å². The molecule has 134 valence electrons. The molecule has 0 saturated carbocycles. The number of phenols is 1. The van der Waals surface area contributed by atoms with Gasteiger partial charge >= 0.3 is 0 Å². The van der Waals surface area contributed by atoms with Gasteiger partial charge in [0.05, 0.1) is 0 Å². The van der Waals surface area contributed by atoms with Gasteiger partial charge in [-0.3, -0.25) is 0 Å². The van der Waals surface area contributed by atoms with Crippen molar-refractivity contribution in [2.24, 2.45) is 5.92 Å². The number of benzene rings is 2. The number of hydrogen-bond acceptors (Lipinski definition) is 2. The summed E-state index contributed by atoms with van der Waals surface area (Å²) in [5.74, 6) is 0.961. The fourth-order valence-electron chi connectivity index (χ4n) is 5.39. The van der Waals surface area contributed by atoms with Crippen molar-refractivity contribution in [2.75, 3.05) is 20.1 Å². The fraction of sp³-hybridized carbons (Fsp3) is 0.391. The predicted molar refractivity (Wildman–Crippen MR) is 106 cm³/mol. The molecule has 2 heterocycles. The third kappa shape index (κ3) is 2.30. The molecule has 1 saturated heterocycles. The first kappa shape index (κ1) is 16.0. The van der Waals surface area contributed by atoms with Crippen LogP contribution in [0.25, 0.3) is 10.9 Å². The van der Waals surface area contributed by atoms with Gasteiger partial charge in [-0.05, 0) is 81.1 Å². The average Bonchev–Trinajstić information content (AvgIpc) is 2.96. The Morgan fingerprint density at radius 1 is 1.19 bits per heavy atom. The van der Waals surface area contributed by atoms with Gasteiger partial charge < -0.3 is 15.0 Å². The maximum atomic E-state index is 10.1. The molecule has 2 N–H and O–H groups in total. The van der Waals surface area contributed by atoms with Crippen LogP contribution in [0.1, 0.15) is 28.8 Å². The molecule has 3 nitrogen and oxygen atoms in total. The van der Waals surface area contributed by atoms with Crippen molar-refractivity contribution in [2.45, 2.75) is 31.6 Å². The molecule has 2 atom stereocenters. The van der Waals surface area contributed by atoms with E-state index in [0.29, 0.717) is 11.7 Å². The predicted octanol–water partition coefficient (Wildman–Crippen LogP) is 4.17. The van der Waals surface area contributed by atoms with E-state index in [2.05, 4.69) is 48.1 Å². The SMILES string of the molecule is Cc1ccc2[nH]c3c(c2c1)CC1CN(C)CCC1(c1cccc(O)c1)C3. The standard InChI is InChI=1S/C23H26N2O/c1-15-6-7-21-19(10-15)20-12-17-14-25(2)9-8-23(17,13-22(20)24-21)16-4-3-5-18(26)11-16/h3-7,10-11,17,24,26H,8-9,12-14H2,1-2H3. The molecule has 26 heavy (non-hydrogen) atoms. The third-order valence-electron chi connectivity index (χ3n) is 6.77. The molecule has 1 fully saturated rings. The summed E-state index contributed by atoms with van der Waals surface area (Å²) in [4.78, 5) is 6.19. The average molecular weight is 346 g/mol. The highest BCUT2D eigenvalue weighted by Crippen LogP contribution is 2.49. The molecular weight excluding hydrogens is 320 g/mol. The molecule has 0 spiro atoms. The number of likely N-dealkylation sites (tertiary alicyclic amines) is 1. The first-order valence-corrected chi connectivity index (χ1v) is 9.63. The quantitative estimate of drug-likeness (QED) is 0.694. The molecule has 0 bridgehead atoms. The minimum absolute atomic E-state index is 0.119.